The van der Waals surface area contributed by atoms with Gasteiger partial charge in [-0.2, -0.15) is 0 Å². The average Bonchev–Trinajstić information content (AvgIpc) is 3.09. The van der Waals surface area contributed by atoms with E-state index in [9.17, 15) is 9.59 Å². The highest BCUT2D eigenvalue weighted by atomic mass is 35.5. The normalized spacial score (nSPS) is 32.8. The van der Waals surface area contributed by atoms with Crippen molar-refractivity contribution in [1.82, 2.24) is 5.16 Å². The number of ether oxygens (including phenoxy) is 3. The number of nitrogens with zero attached hydrogens (tertiary/aromatic N) is 1. The van der Waals surface area contributed by atoms with Crippen LogP contribution >= 0.6 is 11.6 Å². The predicted octanol–water partition coefficient (Wildman–Crippen LogP) is 4.91. The standard InChI is InChI=1S/C25H24ClNO6/c1-13-5-4-10-25(3)22(32-25)21-17(14(2)23(28)31-21)11-19(13)30-24(29)18-12-20(33-27-18)15-6-8-16(26)9-7-15/h5-9,12,17,19,21-22H,2,4,10-11H2,1,3H3/b13-5+/t17-,19-,21-,22-,25+/m0/s1. The quantitative estimate of drug-likeness (QED) is 0.273. The van der Waals surface area contributed by atoms with Gasteiger partial charge in [-0.15, -0.1) is 0 Å². The Hall–Kier alpha value is -2.90. The van der Waals surface area contributed by atoms with Gasteiger partial charge in [0.25, 0.3) is 0 Å². The highest BCUT2D eigenvalue weighted by Crippen LogP contribution is 2.50. The molecule has 172 valence electrons. The van der Waals surface area contributed by atoms with Gasteiger partial charge >= 0.3 is 11.9 Å². The van der Waals surface area contributed by atoms with Crippen molar-refractivity contribution in [2.75, 3.05) is 0 Å². The third-order valence-corrected chi connectivity index (χ3v) is 7.02. The van der Waals surface area contributed by atoms with E-state index in [1.807, 2.05) is 13.8 Å². The van der Waals surface area contributed by atoms with Gasteiger partial charge in [0.05, 0.1) is 5.60 Å². The van der Waals surface area contributed by atoms with E-state index in [0.717, 1.165) is 24.0 Å². The van der Waals surface area contributed by atoms with Crippen molar-refractivity contribution >= 4 is 23.5 Å². The van der Waals surface area contributed by atoms with Crippen molar-refractivity contribution < 1.29 is 28.3 Å². The number of carbonyl (C=O) groups excluding carboxylic acids is 2. The zero-order valence-corrected chi connectivity index (χ0v) is 19.1. The fourth-order valence-electron chi connectivity index (χ4n) is 4.64. The first kappa shape index (κ1) is 21.9. The fraction of sp³-hybridized carbons (Fsp3) is 0.400. The second-order valence-corrected chi connectivity index (χ2v) is 9.49. The minimum Gasteiger partial charge on any atom is -0.455 e. The summed E-state index contributed by atoms with van der Waals surface area (Å²) in [5.41, 5.74) is 1.79. The van der Waals surface area contributed by atoms with Crippen LogP contribution in [0.25, 0.3) is 11.3 Å². The van der Waals surface area contributed by atoms with Gasteiger partial charge in [0.2, 0.25) is 0 Å². The van der Waals surface area contributed by atoms with E-state index in [0.29, 0.717) is 22.8 Å². The number of rotatable bonds is 3. The number of hydrogen-bond acceptors (Lipinski definition) is 7. The van der Waals surface area contributed by atoms with Crippen LogP contribution in [0.15, 0.2) is 58.7 Å². The topological polar surface area (TPSA) is 91.2 Å². The maximum atomic E-state index is 12.9. The maximum absolute atomic E-state index is 12.9. The predicted molar refractivity (Wildman–Crippen MR) is 120 cm³/mol. The molecule has 1 aromatic heterocycles. The fourth-order valence-corrected chi connectivity index (χ4v) is 4.76. The second-order valence-electron chi connectivity index (χ2n) is 9.05. The molecule has 5 rings (SSSR count). The largest absolute Gasteiger partial charge is 0.455 e. The number of benzene rings is 1. The van der Waals surface area contributed by atoms with Crippen LogP contribution < -0.4 is 0 Å². The number of carbonyl (C=O) groups is 2. The molecule has 0 unspecified atom stereocenters. The lowest BCUT2D eigenvalue weighted by Crippen LogP contribution is -2.33. The molecule has 2 aromatic rings. The summed E-state index contributed by atoms with van der Waals surface area (Å²) in [5, 5.41) is 4.48. The van der Waals surface area contributed by atoms with Crippen molar-refractivity contribution in [2.24, 2.45) is 5.92 Å². The van der Waals surface area contributed by atoms with Gasteiger partial charge in [0, 0.05) is 28.1 Å². The van der Waals surface area contributed by atoms with Gasteiger partial charge in [-0.05, 0) is 62.9 Å². The molecule has 8 heteroatoms. The van der Waals surface area contributed by atoms with Crippen LogP contribution in [-0.2, 0) is 19.0 Å². The van der Waals surface area contributed by atoms with Crippen LogP contribution in [0.1, 0.15) is 43.6 Å². The smallest absolute Gasteiger partial charge is 0.361 e. The van der Waals surface area contributed by atoms with Crippen molar-refractivity contribution in [3.63, 3.8) is 0 Å². The number of epoxide rings is 1. The Labute approximate surface area is 196 Å². The molecule has 2 fully saturated rings. The Morgan fingerprint density at radius 3 is 2.82 bits per heavy atom. The number of fused-ring (bicyclic) bond motifs is 3. The lowest BCUT2D eigenvalue weighted by Gasteiger charge is -2.25. The molecule has 33 heavy (non-hydrogen) atoms. The molecule has 7 nitrogen and oxygen atoms in total. The van der Waals surface area contributed by atoms with E-state index in [2.05, 4.69) is 17.8 Å². The van der Waals surface area contributed by atoms with Gasteiger partial charge < -0.3 is 18.7 Å². The number of aromatic nitrogens is 1. The summed E-state index contributed by atoms with van der Waals surface area (Å²) >= 11 is 5.93. The molecule has 0 N–H and O–H groups in total. The number of hydrogen-bond donors (Lipinski definition) is 0. The summed E-state index contributed by atoms with van der Waals surface area (Å²) in [5.74, 6) is -0.887. The molecule has 1 aliphatic carbocycles. The molecule has 2 aliphatic heterocycles. The Kier molecular flexibility index (Phi) is 5.41. The van der Waals surface area contributed by atoms with Crippen molar-refractivity contribution in [1.29, 1.82) is 0 Å². The summed E-state index contributed by atoms with van der Waals surface area (Å²) < 4.78 is 22.7. The van der Waals surface area contributed by atoms with Crippen molar-refractivity contribution in [2.45, 2.75) is 57.0 Å². The lowest BCUT2D eigenvalue weighted by atomic mass is 9.83. The van der Waals surface area contributed by atoms with Gasteiger partial charge in [-0.3, -0.25) is 0 Å². The number of allylic oxidation sites excluding steroid dienone is 1. The Morgan fingerprint density at radius 1 is 1.30 bits per heavy atom. The zero-order chi connectivity index (χ0) is 23.3. The molecule has 3 aliphatic rings. The summed E-state index contributed by atoms with van der Waals surface area (Å²) in [4.78, 5) is 25.2. The van der Waals surface area contributed by atoms with Gasteiger partial charge in [0.15, 0.2) is 11.5 Å². The molecule has 0 amide bonds. The van der Waals surface area contributed by atoms with Crippen LogP contribution in [-0.4, -0.2) is 41.0 Å². The van der Waals surface area contributed by atoms with E-state index >= 15 is 0 Å². The minimum atomic E-state index is -0.603. The van der Waals surface area contributed by atoms with Crippen molar-refractivity contribution in [3.05, 3.63) is 64.8 Å². The zero-order valence-electron chi connectivity index (χ0n) is 18.4. The van der Waals surface area contributed by atoms with E-state index in [-0.39, 0.29) is 23.3 Å². The summed E-state index contributed by atoms with van der Waals surface area (Å²) in [6.45, 7) is 7.89. The molecule has 5 atom stereocenters. The second kappa shape index (κ2) is 8.15. The van der Waals surface area contributed by atoms with E-state index in [1.165, 1.54) is 6.07 Å². The lowest BCUT2D eigenvalue weighted by molar-refractivity contribution is -0.140. The van der Waals surface area contributed by atoms with Crippen LogP contribution in [0.5, 0.6) is 0 Å². The van der Waals surface area contributed by atoms with Gasteiger partial charge in [0.1, 0.15) is 18.3 Å². The van der Waals surface area contributed by atoms with E-state index in [1.54, 1.807) is 24.3 Å². The van der Waals surface area contributed by atoms with Crippen molar-refractivity contribution in [3.8, 4) is 11.3 Å². The first-order chi connectivity index (χ1) is 15.7. The average molecular weight is 470 g/mol. The highest BCUT2D eigenvalue weighted by molar-refractivity contribution is 6.30. The molecule has 1 aromatic carbocycles. The minimum absolute atomic E-state index is 0.0667. The first-order valence-electron chi connectivity index (χ1n) is 10.9. The van der Waals surface area contributed by atoms with E-state index < -0.39 is 24.1 Å². The Bertz CT molecular complexity index is 1150. The molecule has 0 spiro atoms. The molecular weight excluding hydrogens is 446 g/mol. The highest BCUT2D eigenvalue weighted by Gasteiger charge is 2.62. The third-order valence-electron chi connectivity index (χ3n) is 6.77. The molecule has 0 saturated carbocycles. The molecule has 2 saturated heterocycles. The summed E-state index contributed by atoms with van der Waals surface area (Å²) in [7, 11) is 0. The molecule has 0 bridgehead atoms. The maximum Gasteiger partial charge on any atom is 0.361 e. The summed E-state index contributed by atoms with van der Waals surface area (Å²) in [6.07, 6.45) is 2.83. The van der Waals surface area contributed by atoms with Gasteiger partial charge in [-0.25, -0.2) is 9.59 Å². The Morgan fingerprint density at radius 2 is 2.06 bits per heavy atom. The first-order valence-corrected chi connectivity index (χ1v) is 11.3. The molecule has 0 radical (unpaired) electrons. The SMILES string of the molecule is C=C1C(=O)O[C@H]2[C@H]1C[C@H](OC(=O)c1cc(-c3ccc(Cl)cc3)on1)/C(C)=C/CC[C@@]1(C)O[C@@H]21. The van der Waals surface area contributed by atoms with Crippen LogP contribution in [0, 0.1) is 5.92 Å². The van der Waals surface area contributed by atoms with Crippen LogP contribution in [0.4, 0.5) is 0 Å². The van der Waals surface area contributed by atoms with Gasteiger partial charge in [-0.1, -0.05) is 29.4 Å². The molecule has 3 heterocycles. The number of esters is 2. The van der Waals surface area contributed by atoms with E-state index in [4.69, 9.17) is 30.3 Å². The third kappa shape index (κ3) is 4.11. The Balaban J connectivity index is 1.37. The number of halogens is 1. The van der Waals surface area contributed by atoms with Crippen LogP contribution in [0.3, 0.4) is 0 Å². The molecular formula is C25H24ClNO6. The monoisotopic (exact) mass is 469 g/mol. The van der Waals surface area contributed by atoms with Crippen LogP contribution in [0.2, 0.25) is 5.02 Å². The summed E-state index contributed by atoms with van der Waals surface area (Å²) in [6, 6.07) is 8.56.